The molecule has 0 saturated carbocycles. The smallest absolute Gasteiger partial charge is 0.365 e. The zero-order valence-electron chi connectivity index (χ0n) is 12.1. The maximum Gasteiger partial charge on any atom is 0.405 e. The van der Waals surface area contributed by atoms with Gasteiger partial charge in [-0.3, -0.25) is 0 Å². The number of rotatable bonds is 4. The van der Waals surface area contributed by atoms with E-state index in [0.717, 1.165) is 10.5 Å². The number of nitrogens with one attached hydrogen (secondary N) is 1. The second-order valence-electron chi connectivity index (χ2n) is 5.86. The van der Waals surface area contributed by atoms with E-state index in [1.165, 1.54) is 7.05 Å². The van der Waals surface area contributed by atoms with Crippen LogP contribution in [0.25, 0.3) is 0 Å². The van der Waals surface area contributed by atoms with Gasteiger partial charge < -0.3 is 10.2 Å². The molecule has 1 aromatic rings. The molecule has 114 valence electrons. The molecule has 1 rings (SSSR count). The minimum Gasteiger partial charge on any atom is -0.365 e. The molecular weight excluding hydrogens is 289 g/mol. The van der Waals surface area contributed by atoms with E-state index in [2.05, 4.69) is 5.32 Å². The molecule has 0 aliphatic carbocycles. The van der Waals surface area contributed by atoms with Crippen LogP contribution < -0.4 is 10.2 Å². The molecule has 0 unspecified atom stereocenters. The van der Waals surface area contributed by atoms with Crippen molar-refractivity contribution in [1.82, 2.24) is 5.32 Å². The molecule has 0 aliphatic heterocycles. The van der Waals surface area contributed by atoms with Crippen LogP contribution in [0.5, 0.6) is 0 Å². The van der Waals surface area contributed by atoms with Gasteiger partial charge in [0.05, 0.1) is 10.7 Å². The highest BCUT2D eigenvalue weighted by molar-refractivity contribution is 6.33. The molecule has 1 aromatic carbocycles. The Morgan fingerprint density at radius 1 is 1.20 bits per heavy atom. The van der Waals surface area contributed by atoms with E-state index in [9.17, 15) is 13.2 Å². The number of hydrogen-bond acceptors (Lipinski definition) is 2. The number of anilines is 1. The summed E-state index contributed by atoms with van der Waals surface area (Å²) in [5.74, 6) is 0. The molecule has 0 bridgehead atoms. The average molecular weight is 309 g/mol. The summed E-state index contributed by atoms with van der Waals surface area (Å²) in [6.45, 7) is 5.72. The molecule has 6 heteroatoms. The standard InChI is InChI=1S/C14H20ClF3N2/c1-13(2,3)19-8-10-5-6-12(11(15)7-10)20(4)9-14(16,17)18/h5-7,19H,8-9H2,1-4H3. The number of nitrogens with zero attached hydrogens (tertiary/aromatic N) is 1. The third-order valence-corrected chi connectivity index (χ3v) is 2.97. The Kier molecular flexibility index (Phi) is 5.33. The van der Waals surface area contributed by atoms with Crippen LogP contribution in [0.1, 0.15) is 26.3 Å². The first kappa shape index (κ1) is 17.1. The Labute approximate surface area is 122 Å². The summed E-state index contributed by atoms with van der Waals surface area (Å²) in [7, 11) is 1.38. The van der Waals surface area contributed by atoms with Crippen molar-refractivity contribution in [3.63, 3.8) is 0 Å². The van der Waals surface area contributed by atoms with Crippen molar-refractivity contribution in [3.8, 4) is 0 Å². The molecule has 2 nitrogen and oxygen atoms in total. The second kappa shape index (κ2) is 6.22. The fourth-order valence-corrected chi connectivity index (χ4v) is 2.04. The van der Waals surface area contributed by atoms with E-state index in [1.807, 2.05) is 20.8 Å². The Morgan fingerprint density at radius 3 is 2.25 bits per heavy atom. The molecule has 0 aliphatic rings. The molecular formula is C14H20ClF3N2. The van der Waals surface area contributed by atoms with Gasteiger partial charge in [0.15, 0.2) is 0 Å². The number of benzene rings is 1. The van der Waals surface area contributed by atoms with E-state index < -0.39 is 12.7 Å². The molecule has 0 amide bonds. The topological polar surface area (TPSA) is 15.3 Å². The first-order valence-corrected chi connectivity index (χ1v) is 6.67. The van der Waals surface area contributed by atoms with Gasteiger partial charge in [-0.25, -0.2) is 0 Å². The summed E-state index contributed by atoms with van der Waals surface area (Å²) in [6.07, 6.45) is -4.25. The fraction of sp³-hybridized carbons (Fsp3) is 0.571. The molecule has 1 N–H and O–H groups in total. The average Bonchev–Trinajstić information content (AvgIpc) is 2.22. The highest BCUT2D eigenvalue weighted by Gasteiger charge is 2.30. The van der Waals surface area contributed by atoms with Gasteiger partial charge in [0.1, 0.15) is 6.54 Å². The number of hydrogen-bond donors (Lipinski definition) is 1. The van der Waals surface area contributed by atoms with Crippen LogP contribution >= 0.6 is 11.6 Å². The molecule has 0 heterocycles. The van der Waals surface area contributed by atoms with Crippen LogP contribution in [0.2, 0.25) is 5.02 Å². The van der Waals surface area contributed by atoms with Crippen LogP contribution in [0, 0.1) is 0 Å². The van der Waals surface area contributed by atoms with Crippen molar-refractivity contribution in [2.45, 2.75) is 39.0 Å². The van der Waals surface area contributed by atoms with Gasteiger partial charge >= 0.3 is 6.18 Å². The lowest BCUT2D eigenvalue weighted by Gasteiger charge is -2.23. The lowest BCUT2D eigenvalue weighted by Crippen LogP contribution is -2.35. The normalized spacial score (nSPS) is 12.6. The van der Waals surface area contributed by atoms with Crippen molar-refractivity contribution in [2.24, 2.45) is 0 Å². The van der Waals surface area contributed by atoms with E-state index in [-0.39, 0.29) is 5.54 Å². The molecule has 0 fully saturated rings. The van der Waals surface area contributed by atoms with Gasteiger partial charge in [0.2, 0.25) is 0 Å². The van der Waals surface area contributed by atoms with Crippen molar-refractivity contribution in [2.75, 3.05) is 18.5 Å². The summed E-state index contributed by atoms with van der Waals surface area (Å²) < 4.78 is 37.1. The highest BCUT2D eigenvalue weighted by Crippen LogP contribution is 2.28. The van der Waals surface area contributed by atoms with Crippen LogP contribution in [-0.4, -0.2) is 25.3 Å². The summed E-state index contributed by atoms with van der Waals surface area (Å²) >= 11 is 6.07. The lowest BCUT2D eigenvalue weighted by atomic mass is 10.1. The predicted molar refractivity (Wildman–Crippen MR) is 77.4 cm³/mol. The van der Waals surface area contributed by atoms with Crippen LogP contribution in [0.15, 0.2) is 18.2 Å². The van der Waals surface area contributed by atoms with Crippen molar-refractivity contribution in [3.05, 3.63) is 28.8 Å². The quantitative estimate of drug-likeness (QED) is 0.895. The molecule has 0 spiro atoms. The van der Waals surface area contributed by atoms with E-state index >= 15 is 0 Å². The summed E-state index contributed by atoms with van der Waals surface area (Å²) in [5, 5.41) is 3.62. The van der Waals surface area contributed by atoms with Crippen molar-refractivity contribution >= 4 is 17.3 Å². The molecule has 0 atom stereocenters. The molecule has 20 heavy (non-hydrogen) atoms. The molecule has 0 aromatic heterocycles. The van der Waals surface area contributed by atoms with Crippen LogP contribution in [0.3, 0.4) is 0 Å². The van der Waals surface area contributed by atoms with Gasteiger partial charge in [-0.15, -0.1) is 0 Å². The van der Waals surface area contributed by atoms with E-state index in [1.54, 1.807) is 18.2 Å². The van der Waals surface area contributed by atoms with Gasteiger partial charge in [0, 0.05) is 19.1 Å². The zero-order valence-corrected chi connectivity index (χ0v) is 12.9. The van der Waals surface area contributed by atoms with Crippen molar-refractivity contribution in [1.29, 1.82) is 0 Å². The highest BCUT2D eigenvalue weighted by atomic mass is 35.5. The van der Waals surface area contributed by atoms with E-state index in [0.29, 0.717) is 17.3 Å². The first-order valence-electron chi connectivity index (χ1n) is 6.29. The zero-order chi connectivity index (χ0) is 15.6. The second-order valence-corrected chi connectivity index (χ2v) is 6.27. The lowest BCUT2D eigenvalue weighted by molar-refractivity contribution is -0.119. The Balaban J connectivity index is 2.78. The third-order valence-electron chi connectivity index (χ3n) is 2.66. The van der Waals surface area contributed by atoms with Crippen molar-refractivity contribution < 1.29 is 13.2 Å². The summed E-state index contributed by atoms with van der Waals surface area (Å²) in [4.78, 5) is 1.10. The van der Waals surface area contributed by atoms with Crippen LogP contribution in [-0.2, 0) is 6.54 Å². The largest absolute Gasteiger partial charge is 0.405 e. The van der Waals surface area contributed by atoms with Crippen LogP contribution in [0.4, 0.5) is 18.9 Å². The Morgan fingerprint density at radius 2 is 1.80 bits per heavy atom. The van der Waals surface area contributed by atoms with Gasteiger partial charge in [-0.1, -0.05) is 17.7 Å². The Bertz CT molecular complexity index is 453. The number of alkyl halides is 3. The number of halogens is 4. The minimum atomic E-state index is -4.25. The van der Waals surface area contributed by atoms with Gasteiger partial charge in [-0.05, 0) is 38.5 Å². The van der Waals surface area contributed by atoms with E-state index in [4.69, 9.17) is 11.6 Å². The fourth-order valence-electron chi connectivity index (χ4n) is 1.69. The summed E-state index contributed by atoms with van der Waals surface area (Å²) in [6, 6.07) is 5.10. The summed E-state index contributed by atoms with van der Waals surface area (Å²) in [5.41, 5.74) is 1.29. The Hall–Kier alpha value is -0.940. The predicted octanol–water partition coefficient (Wildman–Crippen LogP) is 4.23. The first-order chi connectivity index (χ1) is 8.98. The maximum absolute atomic E-state index is 12.4. The SMILES string of the molecule is CN(CC(F)(F)F)c1ccc(CNC(C)(C)C)cc1Cl. The van der Waals surface area contributed by atoms with Gasteiger partial charge in [0.25, 0.3) is 0 Å². The monoisotopic (exact) mass is 308 g/mol. The molecule has 0 radical (unpaired) electrons. The van der Waals surface area contributed by atoms with Gasteiger partial charge in [-0.2, -0.15) is 13.2 Å². The third kappa shape index (κ3) is 6.01. The minimum absolute atomic E-state index is 0.0295. The maximum atomic E-state index is 12.4. The molecule has 0 saturated heterocycles.